The highest BCUT2D eigenvalue weighted by Crippen LogP contribution is 2.33. The first-order valence-electron chi connectivity index (χ1n) is 9.44. The fourth-order valence-electron chi connectivity index (χ4n) is 3.10. The molecule has 2 aromatic rings. The lowest BCUT2D eigenvalue weighted by Crippen LogP contribution is -2.24. The number of halogens is 4. The zero-order valence-corrected chi connectivity index (χ0v) is 18.1. The lowest BCUT2D eigenvalue weighted by Gasteiger charge is -2.18. The predicted molar refractivity (Wildman–Crippen MR) is 109 cm³/mol. The molecule has 1 atom stereocenters. The third-order valence-corrected chi connectivity index (χ3v) is 6.32. The molecule has 2 aromatic carbocycles. The highest BCUT2D eigenvalue weighted by Gasteiger charge is 2.35. The van der Waals surface area contributed by atoms with Gasteiger partial charge in [-0.1, -0.05) is 38.1 Å². The second-order valence-corrected chi connectivity index (χ2v) is 8.83. The van der Waals surface area contributed by atoms with Crippen molar-refractivity contribution in [1.29, 1.82) is 0 Å². The van der Waals surface area contributed by atoms with Crippen LogP contribution in [0.1, 0.15) is 43.9 Å². The first-order valence-corrected chi connectivity index (χ1v) is 10.9. The van der Waals surface area contributed by atoms with Crippen LogP contribution in [-0.4, -0.2) is 8.42 Å². The number of hydrogen-bond donors (Lipinski definition) is 2. The maximum Gasteiger partial charge on any atom is 0.419 e. The van der Waals surface area contributed by atoms with E-state index in [4.69, 9.17) is 10.7 Å². The van der Waals surface area contributed by atoms with E-state index in [9.17, 15) is 26.0 Å². The van der Waals surface area contributed by atoms with Crippen LogP contribution in [0, 0.1) is 11.7 Å². The van der Waals surface area contributed by atoms with E-state index < -0.39 is 32.5 Å². The molecule has 0 amide bonds. The zero-order valence-electron chi connectivity index (χ0n) is 17.3. The summed E-state index contributed by atoms with van der Waals surface area (Å²) in [6.07, 6.45) is -4.19. The number of benzene rings is 2. The Labute approximate surface area is 178 Å². The van der Waals surface area contributed by atoms with E-state index in [1.165, 1.54) is 0 Å². The smallest absolute Gasteiger partial charge is 0.416 e. The number of sulfonamides is 1. The quantitative estimate of drug-likeness (QED) is 0.330. The van der Waals surface area contributed by atoms with Gasteiger partial charge in [-0.05, 0) is 48.6 Å². The molecular formula is C21H24F4N2O3S. The van der Waals surface area contributed by atoms with Crippen LogP contribution in [0.5, 0.6) is 0 Å². The van der Waals surface area contributed by atoms with Crippen LogP contribution in [0.3, 0.4) is 0 Å². The zero-order chi connectivity index (χ0) is 23.4. The Morgan fingerprint density at radius 3 is 2.45 bits per heavy atom. The number of allylic oxidation sites excluding steroid dienone is 2. The van der Waals surface area contributed by atoms with Gasteiger partial charge in [0.25, 0.3) is 0 Å². The van der Waals surface area contributed by atoms with Crippen molar-refractivity contribution in [3.8, 4) is 0 Å². The number of hydrogen-bond acceptors (Lipinski definition) is 4. The maximum absolute atomic E-state index is 13.5. The molecule has 0 aromatic heterocycles. The van der Waals surface area contributed by atoms with Gasteiger partial charge >= 0.3 is 6.18 Å². The minimum absolute atomic E-state index is 0.121. The van der Waals surface area contributed by atoms with Gasteiger partial charge in [0.1, 0.15) is 11.6 Å². The van der Waals surface area contributed by atoms with E-state index in [0.717, 1.165) is 23.6 Å². The molecule has 0 saturated heterocycles. The molecule has 0 heterocycles. The van der Waals surface area contributed by atoms with Gasteiger partial charge < -0.3 is 4.84 Å². The largest absolute Gasteiger partial charge is 0.419 e. The molecule has 31 heavy (non-hydrogen) atoms. The summed E-state index contributed by atoms with van der Waals surface area (Å²) in [5.41, 5.74) is 0.584. The van der Waals surface area contributed by atoms with Crippen molar-refractivity contribution in [3.63, 3.8) is 0 Å². The molecule has 0 spiro atoms. The highest BCUT2D eigenvalue weighted by atomic mass is 32.2. The van der Waals surface area contributed by atoms with Gasteiger partial charge in [0.2, 0.25) is 10.0 Å². The molecule has 2 rings (SSSR count). The van der Waals surface area contributed by atoms with Crippen LogP contribution in [0.2, 0.25) is 0 Å². The summed E-state index contributed by atoms with van der Waals surface area (Å²) < 4.78 is 79.4. The second kappa shape index (κ2) is 9.80. The Morgan fingerprint density at radius 2 is 1.87 bits per heavy atom. The van der Waals surface area contributed by atoms with E-state index in [0.29, 0.717) is 17.4 Å². The number of rotatable bonds is 8. The molecule has 0 aliphatic heterocycles. The van der Waals surface area contributed by atoms with E-state index in [2.05, 4.69) is 4.72 Å². The third kappa shape index (κ3) is 6.05. The molecular weight excluding hydrogens is 436 g/mol. The lowest BCUT2D eigenvalue weighted by atomic mass is 9.90. The fourth-order valence-corrected chi connectivity index (χ4v) is 4.15. The van der Waals surface area contributed by atoms with Crippen molar-refractivity contribution in [2.75, 3.05) is 0 Å². The van der Waals surface area contributed by atoms with Gasteiger partial charge in [-0.25, -0.2) is 17.5 Å². The minimum Gasteiger partial charge on any atom is -0.416 e. The molecule has 1 unspecified atom stereocenters. The van der Waals surface area contributed by atoms with Gasteiger partial charge in [0.05, 0.1) is 10.5 Å². The molecule has 0 radical (unpaired) electrons. The van der Waals surface area contributed by atoms with Crippen LogP contribution >= 0.6 is 0 Å². The van der Waals surface area contributed by atoms with Crippen LogP contribution in [0.4, 0.5) is 17.6 Å². The fraction of sp³-hybridized carbons (Fsp3) is 0.333. The SMILES string of the molecule is CCC(C)/C(=C(/C)ON)c1cccc(CNS(=O)(=O)c2ccc(F)c(C(F)(F)F)c2)c1. The lowest BCUT2D eigenvalue weighted by molar-refractivity contribution is -0.140. The van der Waals surface area contributed by atoms with E-state index in [-0.39, 0.29) is 18.5 Å². The van der Waals surface area contributed by atoms with E-state index >= 15 is 0 Å². The van der Waals surface area contributed by atoms with Crippen LogP contribution in [-0.2, 0) is 27.6 Å². The maximum atomic E-state index is 13.5. The highest BCUT2D eigenvalue weighted by molar-refractivity contribution is 7.89. The third-order valence-electron chi connectivity index (χ3n) is 4.92. The monoisotopic (exact) mass is 460 g/mol. The molecule has 0 fully saturated rings. The molecule has 0 aliphatic rings. The Hall–Kier alpha value is -2.43. The van der Waals surface area contributed by atoms with Crippen molar-refractivity contribution >= 4 is 15.6 Å². The van der Waals surface area contributed by atoms with E-state index in [1.54, 1.807) is 25.1 Å². The number of nitrogens with one attached hydrogen (secondary N) is 1. The first-order chi connectivity index (χ1) is 14.4. The predicted octanol–water partition coefficient (Wildman–Crippen LogP) is 4.99. The van der Waals surface area contributed by atoms with Crippen molar-refractivity contribution in [2.24, 2.45) is 11.8 Å². The molecule has 170 valence electrons. The minimum atomic E-state index is -5.01. The van der Waals surface area contributed by atoms with Crippen LogP contribution in [0.15, 0.2) is 53.1 Å². The normalized spacial score (nSPS) is 14.2. The molecule has 0 saturated carbocycles. The summed E-state index contributed by atoms with van der Waals surface area (Å²) in [7, 11) is -4.31. The average Bonchev–Trinajstić information content (AvgIpc) is 2.71. The van der Waals surface area contributed by atoms with Crippen molar-refractivity contribution in [3.05, 3.63) is 70.7 Å². The topological polar surface area (TPSA) is 81.4 Å². The summed E-state index contributed by atoms with van der Waals surface area (Å²) >= 11 is 0. The van der Waals surface area contributed by atoms with Crippen molar-refractivity contribution in [2.45, 2.75) is 44.8 Å². The summed E-state index contributed by atoms with van der Waals surface area (Å²) in [6.45, 7) is 5.55. The Balaban J connectivity index is 2.30. The number of alkyl halides is 3. The summed E-state index contributed by atoms with van der Waals surface area (Å²) in [5, 5.41) is 0. The van der Waals surface area contributed by atoms with Crippen LogP contribution in [0.25, 0.3) is 5.57 Å². The Morgan fingerprint density at radius 1 is 1.19 bits per heavy atom. The Bertz CT molecular complexity index is 1070. The Kier molecular flexibility index (Phi) is 7.85. The van der Waals surface area contributed by atoms with Gasteiger partial charge in [-0.15, -0.1) is 0 Å². The van der Waals surface area contributed by atoms with Gasteiger partial charge in [0, 0.05) is 12.1 Å². The summed E-state index contributed by atoms with van der Waals surface area (Å²) in [5.74, 6) is 4.42. The number of nitrogens with two attached hydrogens (primary N) is 1. The van der Waals surface area contributed by atoms with Gasteiger partial charge in [-0.2, -0.15) is 19.1 Å². The van der Waals surface area contributed by atoms with Crippen molar-refractivity contribution < 1.29 is 30.8 Å². The van der Waals surface area contributed by atoms with Crippen LogP contribution < -0.4 is 10.6 Å². The van der Waals surface area contributed by atoms with Gasteiger partial charge in [0.15, 0.2) is 0 Å². The summed E-state index contributed by atoms with van der Waals surface area (Å²) in [4.78, 5) is 4.22. The molecule has 5 nitrogen and oxygen atoms in total. The average molecular weight is 460 g/mol. The molecule has 0 bridgehead atoms. The molecule has 10 heteroatoms. The van der Waals surface area contributed by atoms with Gasteiger partial charge in [-0.3, -0.25) is 0 Å². The molecule has 0 aliphatic carbocycles. The standard InChI is InChI=1S/C21H24F4N2O3S/c1-4-13(2)20(14(3)30-26)16-7-5-6-15(10-16)12-27-31(28,29)17-8-9-19(22)18(11-17)21(23,24)25/h5-11,13,27H,4,12,26H2,1-3H3/b20-14+. The second-order valence-electron chi connectivity index (χ2n) is 7.06. The summed E-state index contributed by atoms with van der Waals surface area (Å²) in [6, 6.07) is 8.52. The first kappa shape index (κ1) is 24.8. The van der Waals surface area contributed by atoms with E-state index in [1.807, 2.05) is 19.9 Å². The van der Waals surface area contributed by atoms with Crippen molar-refractivity contribution in [1.82, 2.24) is 4.72 Å². The molecule has 3 N–H and O–H groups in total.